The average molecular weight is 465 g/mol. The van der Waals surface area contributed by atoms with E-state index in [0.717, 1.165) is 11.1 Å². The summed E-state index contributed by atoms with van der Waals surface area (Å²) >= 11 is 0. The minimum absolute atomic E-state index is 0.0245. The number of hydrogen-bond donors (Lipinski definition) is 3. The molecule has 4 rings (SSSR count). The van der Waals surface area contributed by atoms with E-state index in [1.807, 2.05) is 31.2 Å². The van der Waals surface area contributed by atoms with Crippen molar-refractivity contribution in [2.45, 2.75) is 51.5 Å². The highest BCUT2D eigenvalue weighted by atomic mass is 16.5. The van der Waals surface area contributed by atoms with Crippen LogP contribution in [-0.2, 0) is 14.3 Å². The van der Waals surface area contributed by atoms with Crippen LogP contribution in [0.1, 0.15) is 56.6 Å². The molecule has 0 saturated heterocycles. The lowest BCUT2D eigenvalue weighted by Crippen LogP contribution is -2.49. The lowest BCUT2D eigenvalue weighted by molar-refractivity contribution is -0.141. The Morgan fingerprint density at radius 2 is 1.65 bits per heavy atom. The highest BCUT2D eigenvalue weighted by Crippen LogP contribution is 2.44. The molecule has 3 atom stereocenters. The number of carbonyl (C=O) groups excluding carboxylic acids is 2. The van der Waals surface area contributed by atoms with Gasteiger partial charge in [-0.05, 0) is 54.9 Å². The highest BCUT2D eigenvalue weighted by molar-refractivity contribution is 5.84. The van der Waals surface area contributed by atoms with Crippen LogP contribution in [-0.4, -0.2) is 42.3 Å². The second kappa shape index (κ2) is 9.87. The molecule has 1 saturated carbocycles. The zero-order valence-electron chi connectivity index (χ0n) is 19.7. The zero-order valence-corrected chi connectivity index (χ0v) is 19.7. The molecular weight excluding hydrogens is 432 g/mol. The van der Waals surface area contributed by atoms with Crippen LogP contribution >= 0.6 is 0 Å². The highest BCUT2D eigenvalue weighted by Gasteiger charge is 2.37. The van der Waals surface area contributed by atoms with Crippen LogP contribution in [0.15, 0.2) is 48.5 Å². The summed E-state index contributed by atoms with van der Waals surface area (Å²) in [5.41, 5.74) is 3.81. The molecule has 2 aliphatic rings. The van der Waals surface area contributed by atoms with Crippen molar-refractivity contribution in [3.05, 3.63) is 59.7 Å². The Hall–Kier alpha value is -3.35. The van der Waals surface area contributed by atoms with E-state index in [4.69, 9.17) is 4.74 Å². The van der Waals surface area contributed by atoms with E-state index in [1.165, 1.54) is 11.1 Å². The summed E-state index contributed by atoms with van der Waals surface area (Å²) in [5.74, 6) is -1.42. The molecule has 2 aliphatic carbocycles. The monoisotopic (exact) mass is 464 g/mol. The van der Waals surface area contributed by atoms with Gasteiger partial charge in [0.05, 0.1) is 11.3 Å². The maximum absolute atomic E-state index is 12.9. The predicted octanol–water partition coefficient (Wildman–Crippen LogP) is 4.31. The van der Waals surface area contributed by atoms with Crippen LogP contribution in [0.4, 0.5) is 4.79 Å². The van der Waals surface area contributed by atoms with Gasteiger partial charge >= 0.3 is 12.1 Å². The third kappa shape index (κ3) is 4.79. The van der Waals surface area contributed by atoms with Crippen LogP contribution in [0.5, 0.6) is 0 Å². The fourth-order valence-electron chi connectivity index (χ4n) is 4.98. The maximum atomic E-state index is 12.9. The summed E-state index contributed by atoms with van der Waals surface area (Å²) in [4.78, 5) is 36.7. The first-order chi connectivity index (χ1) is 16.3. The van der Waals surface area contributed by atoms with Crippen molar-refractivity contribution in [3.63, 3.8) is 0 Å². The SMILES string of the molecule is CCC(C)(CNC(=O)OCC1c2ccccc2-c2ccccc21)C(=O)N[C@@H]1CC[C@H](C(=O)O)C1. The Bertz CT molecular complexity index is 1040. The van der Waals surface area contributed by atoms with Crippen molar-refractivity contribution in [3.8, 4) is 11.1 Å². The van der Waals surface area contributed by atoms with Gasteiger partial charge in [0.1, 0.15) is 6.61 Å². The molecule has 0 bridgehead atoms. The Kier molecular flexibility index (Phi) is 6.91. The summed E-state index contributed by atoms with van der Waals surface area (Å²) in [5, 5.41) is 14.9. The number of carbonyl (C=O) groups is 3. The fourth-order valence-corrected chi connectivity index (χ4v) is 4.98. The van der Waals surface area contributed by atoms with Gasteiger partial charge in [-0.15, -0.1) is 0 Å². The average Bonchev–Trinajstić information content (AvgIpc) is 3.44. The number of ether oxygens (including phenoxy) is 1. The normalized spacial score (nSPS) is 20.6. The molecule has 3 N–H and O–H groups in total. The zero-order chi connectivity index (χ0) is 24.3. The van der Waals surface area contributed by atoms with Gasteiger partial charge < -0.3 is 20.5 Å². The summed E-state index contributed by atoms with van der Waals surface area (Å²) in [6, 6.07) is 16.2. The number of amides is 2. The number of alkyl carbamates (subject to hydrolysis) is 1. The largest absolute Gasteiger partial charge is 0.481 e. The van der Waals surface area contributed by atoms with E-state index < -0.39 is 23.4 Å². The molecule has 0 heterocycles. The van der Waals surface area contributed by atoms with Crippen molar-refractivity contribution in [2.75, 3.05) is 13.2 Å². The third-order valence-electron chi connectivity index (χ3n) is 7.41. The second-order valence-electron chi connectivity index (χ2n) is 9.61. The number of carboxylic acid groups (broad SMARTS) is 1. The van der Waals surface area contributed by atoms with E-state index in [-0.39, 0.29) is 31.0 Å². The van der Waals surface area contributed by atoms with Crippen molar-refractivity contribution in [1.82, 2.24) is 10.6 Å². The number of benzene rings is 2. The molecule has 1 fully saturated rings. The van der Waals surface area contributed by atoms with Crippen molar-refractivity contribution in [1.29, 1.82) is 0 Å². The third-order valence-corrected chi connectivity index (χ3v) is 7.41. The van der Waals surface area contributed by atoms with Gasteiger partial charge in [0, 0.05) is 18.5 Å². The summed E-state index contributed by atoms with van der Waals surface area (Å²) < 4.78 is 5.59. The van der Waals surface area contributed by atoms with Crippen molar-refractivity contribution < 1.29 is 24.2 Å². The van der Waals surface area contributed by atoms with Gasteiger partial charge in [0.2, 0.25) is 5.91 Å². The lowest BCUT2D eigenvalue weighted by Gasteiger charge is -2.29. The summed E-state index contributed by atoms with van der Waals surface area (Å²) in [6.45, 7) is 4.05. The molecule has 7 heteroatoms. The number of nitrogens with one attached hydrogen (secondary N) is 2. The molecule has 0 aromatic heterocycles. The van der Waals surface area contributed by atoms with Gasteiger partial charge in [0.15, 0.2) is 0 Å². The van der Waals surface area contributed by atoms with E-state index in [9.17, 15) is 19.5 Å². The summed E-state index contributed by atoms with van der Waals surface area (Å²) in [7, 11) is 0. The van der Waals surface area contributed by atoms with Crippen molar-refractivity contribution in [2.24, 2.45) is 11.3 Å². The maximum Gasteiger partial charge on any atom is 0.407 e. The topological polar surface area (TPSA) is 105 Å². The first-order valence-corrected chi connectivity index (χ1v) is 11.9. The first kappa shape index (κ1) is 23.8. The number of aliphatic carboxylic acids is 1. The van der Waals surface area contributed by atoms with Crippen LogP contribution in [0.3, 0.4) is 0 Å². The van der Waals surface area contributed by atoms with Gasteiger partial charge in [-0.2, -0.15) is 0 Å². The Balaban J connectivity index is 1.32. The van der Waals surface area contributed by atoms with E-state index in [2.05, 4.69) is 34.9 Å². The molecule has 2 aromatic carbocycles. The lowest BCUT2D eigenvalue weighted by atomic mass is 9.86. The number of carboxylic acids is 1. The molecule has 1 unspecified atom stereocenters. The van der Waals surface area contributed by atoms with Gasteiger partial charge in [-0.25, -0.2) is 4.79 Å². The van der Waals surface area contributed by atoms with Crippen LogP contribution < -0.4 is 10.6 Å². The van der Waals surface area contributed by atoms with Crippen molar-refractivity contribution >= 4 is 18.0 Å². The Morgan fingerprint density at radius 1 is 1.03 bits per heavy atom. The molecule has 180 valence electrons. The van der Waals surface area contributed by atoms with Crippen LogP contribution in [0, 0.1) is 11.3 Å². The number of rotatable bonds is 8. The first-order valence-electron chi connectivity index (χ1n) is 11.9. The van der Waals surface area contributed by atoms with E-state index in [0.29, 0.717) is 25.7 Å². The van der Waals surface area contributed by atoms with E-state index in [1.54, 1.807) is 6.92 Å². The van der Waals surface area contributed by atoms with Gasteiger partial charge in [0.25, 0.3) is 0 Å². The quantitative estimate of drug-likeness (QED) is 0.540. The molecule has 2 amide bonds. The molecular formula is C27H32N2O5. The minimum atomic E-state index is -0.813. The predicted molar refractivity (Wildman–Crippen MR) is 128 cm³/mol. The van der Waals surface area contributed by atoms with Crippen LogP contribution in [0.2, 0.25) is 0 Å². The molecule has 7 nitrogen and oxygen atoms in total. The standard InChI is InChI=1S/C27H32N2O5/c1-3-27(2,25(32)29-18-13-12-17(14-18)24(30)31)16-28-26(33)34-15-23-21-10-6-4-8-19(21)20-9-5-7-11-22(20)23/h4-11,17-18,23H,3,12-16H2,1-2H3,(H,28,33)(H,29,32)(H,30,31)/t17-,18+,27?/m0/s1. The molecule has 0 radical (unpaired) electrons. The number of fused-ring (bicyclic) bond motifs is 3. The van der Waals surface area contributed by atoms with Gasteiger partial charge in [-0.1, -0.05) is 55.5 Å². The molecule has 0 spiro atoms. The second-order valence-corrected chi connectivity index (χ2v) is 9.61. The Morgan fingerprint density at radius 3 is 2.21 bits per heavy atom. The Labute approximate surface area is 199 Å². The van der Waals surface area contributed by atoms with Crippen LogP contribution in [0.25, 0.3) is 11.1 Å². The minimum Gasteiger partial charge on any atom is -0.481 e. The number of hydrogen-bond acceptors (Lipinski definition) is 4. The van der Waals surface area contributed by atoms with Gasteiger partial charge in [-0.3, -0.25) is 9.59 Å². The summed E-state index contributed by atoms with van der Waals surface area (Å²) in [6.07, 6.45) is 1.64. The fraction of sp³-hybridized carbons (Fsp3) is 0.444. The van der Waals surface area contributed by atoms with E-state index >= 15 is 0 Å². The smallest absolute Gasteiger partial charge is 0.407 e. The molecule has 2 aromatic rings. The molecule has 0 aliphatic heterocycles. The molecule has 34 heavy (non-hydrogen) atoms.